The van der Waals surface area contributed by atoms with E-state index in [-0.39, 0.29) is 23.7 Å². The van der Waals surface area contributed by atoms with Crippen LogP contribution in [0.4, 0.5) is 11.4 Å². The first-order chi connectivity index (χ1) is 12.5. The Morgan fingerprint density at radius 2 is 1.46 bits per heavy atom. The number of benzene rings is 2. The number of hydrogen-bond donors (Lipinski definition) is 2. The first-order valence-electron chi connectivity index (χ1n) is 8.43. The number of ether oxygens (including phenoxy) is 2. The van der Waals surface area contributed by atoms with Crippen molar-refractivity contribution < 1.29 is 19.1 Å². The second-order valence-corrected chi connectivity index (χ2v) is 6.33. The van der Waals surface area contributed by atoms with E-state index in [4.69, 9.17) is 9.47 Å². The molecule has 1 fully saturated rings. The summed E-state index contributed by atoms with van der Waals surface area (Å²) < 4.78 is 10.5. The Labute approximate surface area is 152 Å². The molecule has 0 aromatic heterocycles. The molecule has 1 saturated carbocycles. The zero-order valence-electron chi connectivity index (χ0n) is 15.0. The molecule has 2 atom stereocenters. The summed E-state index contributed by atoms with van der Waals surface area (Å²) in [6.07, 6.45) is 0.529. The molecule has 0 saturated heterocycles. The number of anilines is 2. The summed E-state index contributed by atoms with van der Waals surface area (Å²) in [7, 11) is 3.11. The molecular formula is C20H22N2O4. The minimum absolute atomic E-state index is 0.172. The van der Waals surface area contributed by atoms with Gasteiger partial charge >= 0.3 is 0 Å². The van der Waals surface area contributed by atoms with Gasteiger partial charge in [-0.05, 0) is 43.2 Å². The van der Waals surface area contributed by atoms with Gasteiger partial charge in [-0.25, -0.2) is 0 Å². The predicted molar refractivity (Wildman–Crippen MR) is 99.6 cm³/mol. The second kappa shape index (κ2) is 7.47. The molecule has 136 valence electrons. The van der Waals surface area contributed by atoms with E-state index in [2.05, 4.69) is 10.6 Å². The molecule has 26 heavy (non-hydrogen) atoms. The summed E-state index contributed by atoms with van der Waals surface area (Å²) in [5.74, 6) is 0.164. The maximum Gasteiger partial charge on any atom is 0.228 e. The number of carbonyl (C=O) groups excluding carboxylic acids is 2. The molecule has 6 heteroatoms. The van der Waals surface area contributed by atoms with E-state index in [1.165, 1.54) is 0 Å². The fraction of sp³-hybridized carbons (Fsp3) is 0.300. The van der Waals surface area contributed by atoms with E-state index in [1.807, 2.05) is 37.3 Å². The maximum atomic E-state index is 12.5. The van der Waals surface area contributed by atoms with Crippen LogP contribution in [0.25, 0.3) is 0 Å². The van der Waals surface area contributed by atoms with Crippen LogP contribution in [0.1, 0.15) is 12.0 Å². The van der Waals surface area contributed by atoms with Crippen molar-refractivity contribution in [1.29, 1.82) is 0 Å². The molecule has 2 aromatic rings. The van der Waals surface area contributed by atoms with Gasteiger partial charge in [0.05, 0.1) is 37.4 Å². The number of carbonyl (C=O) groups is 2. The van der Waals surface area contributed by atoms with Crippen LogP contribution < -0.4 is 20.1 Å². The zero-order chi connectivity index (χ0) is 18.7. The summed E-state index contributed by atoms with van der Waals surface area (Å²) >= 11 is 0. The minimum atomic E-state index is -0.338. The van der Waals surface area contributed by atoms with E-state index < -0.39 is 0 Å². The fourth-order valence-corrected chi connectivity index (χ4v) is 2.89. The van der Waals surface area contributed by atoms with Crippen molar-refractivity contribution in [3.05, 3.63) is 48.0 Å². The Bertz CT molecular complexity index is 834. The van der Waals surface area contributed by atoms with Crippen LogP contribution in [0.2, 0.25) is 0 Å². The Hall–Kier alpha value is -3.02. The van der Waals surface area contributed by atoms with Crippen molar-refractivity contribution in [3.8, 4) is 11.5 Å². The largest absolute Gasteiger partial charge is 0.495 e. The molecule has 0 radical (unpaired) electrons. The van der Waals surface area contributed by atoms with Crippen LogP contribution in [0.5, 0.6) is 11.5 Å². The Morgan fingerprint density at radius 3 is 2.12 bits per heavy atom. The molecule has 3 rings (SSSR count). The van der Waals surface area contributed by atoms with Crippen LogP contribution in [0, 0.1) is 18.8 Å². The third-order valence-corrected chi connectivity index (χ3v) is 4.44. The molecule has 2 amide bonds. The third-order valence-electron chi connectivity index (χ3n) is 4.44. The summed E-state index contributed by atoms with van der Waals surface area (Å²) in [5, 5.41) is 5.70. The summed E-state index contributed by atoms with van der Waals surface area (Å²) in [5.41, 5.74) is 2.24. The van der Waals surface area contributed by atoms with Crippen molar-refractivity contribution in [2.45, 2.75) is 13.3 Å². The topological polar surface area (TPSA) is 76.7 Å². The summed E-state index contributed by atoms with van der Waals surface area (Å²) in [6.45, 7) is 1.94. The van der Waals surface area contributed by atoms with Gasteiger partial charge in [-0.2, -0.15) is 0 Å². The van der Waals surface area contributed by atoms with Crippen LogP contribution >= 0.6 is 0 Å². The minimum Gasteiger partial charge on any atom is -0.495 e. The number of rotatable bonds is 6. The van der Waals surface area contributed by atoms with Gasteiger partial charge in [0.25, 0.3) is 0 Å². The molecule has 2 unspecified atom stereocenters. The number of nitrogens with one attached hydrogen (secondary N) is 2. The lowest BCUT2D eigenvalue weighted by Crippen LogP contribution is -2.21. The van der Waals surface area contributed by atoms with Crippen molar-refractivity contribution in [2.75, 3.05) is 24.9 Å². The Morgan fingerprint density at radius 1 is 0.885 bits per heavy atom. The standard InChI is InChI=1S/C20H22N2O4/c1-12-8-9-18(26-3)16(10-12)22-20(24)14-11-13(14)19(23)21-15-6-4-5-7-17(15)25-2/h4-10,13-14H,11H2,1-3H3,(H,21,23)(H,22,24). The predicted octanol–water partition coefficient (Wildman–Crippen LogP) is 3.23. The van der Waals surface area contributed by atoms with Crippen LogP contribution in [-0.4, -0.2) is 26.0 Å². The lowest BCUT2D eigenvalue weighted by molar-refractivity contribution is -0.122. The van der Waals surface area contributed by atoms with Crippen LogP contribution in [0.3, 0.4) is 0 Å². The average Bonchev–Trinajstić information content (AvgIpc) is 3.43. The van der Waals surface area contributed by atoms with E-state index >= 15 is 0 Å². The van der Waals surface area contributed by atoms with Gasteiger partial charge in [0.1, 0.15) is 11.5 Å². The van der Waals surface area contributed by atoms with Crippen molar-refractivity contribution >= 4 is 23.2 Å². The quantitative estimate of drug-likeness (QED) is 0.835. The van der Waals surface area contributed by atoms with E-state index in [1.54, 1.807) is 26.4 Å². The first kappa shape index (κ1) is 17.8. The molecule has 1 aliphatic carbocycles. The molecule has 0 heterocycles. The number of methoxy groups -OCH3 is 2. The van der Waals surface area contributed by atoms with Crippen LogP contribution in [0.15, 0.2) is 42.5 Å². The SMILES string of the molecule is COc1ccccc1NC(=O)C1CC1C(=O)Nc1cc(C)ccc1OC. The highest BCUT2D eigenvalue weighted by molar-refractivity contribution is 6.04. The summed E-state index contributed by atoms with van der Waals surface area (Å²) in [4.78, 5) is 24.9. The maximum absolute atomic E-state index is 12.5. The second-order valence-electron chi connectivity index (χ2n) is 6.33. The lowest BCUT2D eigenvalue weighted by atomic mass is 10.2. The van der Waals surface area contributed by atoms with Gasteiger partial charge in [-0.3, -0.25) is 9.59 Å². The molecule has 2 N–H and O–H groups in total. The molecule has 2 aromatic carbocycles. The van der Waals surface area contributed by atoms with Crippen LogP contribution in [-0.2, 0) is 9.59 Å². The molecule has 0 aliphatic heterocycles. The Balaban J connectivity index is 1.62. The van der Waals surface area contributed by atoms with Crippen molar-refractivity contribution in [3.63, 3.8) is 0 Å². The monoisotopic (exact) mass is 354 g/mol. The molecule has 6 nitrogen and oxygen atoms in total. The molecule has 0 bridgehead atoms. The highest BCUT2D eigenvalue weighted by atomic mass is 16.5. The molecule has 0 spiro atoms. The van der Waals surface area contributed by atoms with Gasteiger partial charge in [0.2, 0.25) is 11.8 Å². The number of para-hydroxylation sites is 2. The highest BCUT2D eigenvalue weighted by Crippen LogP contribution is 2.41. The number of amides is 2. The van der Waals surface area contributed by atoms with Gasteiger partial charge in [-0.15, -0.1) is 0 Å². The normalized spacial score (nSPS) is 18.0. The number of aryl methyl sites for hydroxylation is 1. The fourth-order valence-electron chi connectivity index (χ4n) is 2.89. The van der Waals surface area contributed by atoms with Crippen molar-refractivity contribution in [2.24, 2.45) is 11.8 Å². The van der Waals surface area contributed by atoms with E-state index in [9.17, 15) is 9.59 Å². The smallest absolute Gasteiger partial charge is 0.228 e. The summed E-state index contributed by atoms with van der Waals surface area (Å²) in [6, 6.07) is 12.8. The van der Waals surface area contributed by atoms with Gasteiger partial charge in [0, 0.05) is 0 Å². The molecule has 1 aliphatic rings. The Kier molecular flexibility index (Phi) is 5.11. The van der Waals surface area contributed by atoms with Gasteiger partial charge < -0.3 is 20.1 Å². The van der Waals surface area contributed by atoms with E-state index in [0.29, 0.717) is 29.3 Å². The molecular weight excluding hydrogens is 332 g/mol. The third kappa shape index (κ3) is 3.79. The van der Waals surface area contributed by atoms with E-state index in [0.717, 1.165) is 5.56 Å². The highest BCUT2D eigenvalue weighted by Gasteiger charge is 2.48. The average molecular weight is 354 g/mol. The zero-order valence-corrected chi connectivity index (χ0v) is 15.0. The van der Waals surface area contributed by atoms with Crippen molar-refractivity contribution in [1.82, 2.24) is 0 Å². The number of hydrogen-bond acceptors (Lipinski definition) is 4. The first-order valence-corrected chi connectivity index (χ1v) is 8.43. The van der Waals surface area contributed by atoms with Gasteiger partial charge in [-0.1, -0.05) is 18.2 Å². The lowest BCUT2D eigenvalue weighted by Gasteiger charge is -2.11. The van der Waals surface area contributed by atoms with Gasteiger partial charge in [0.15, 0.2) is 0 Å².